The first-order chi connectivity index (χ1) is 15.6. The summed E-state index contributed by atoms with van der Waals surface area (Å²) in [5.41, 5.74) is 11.9. The third-order valence-corrected chi connectivity index (χ3v) is 8.66. The largest absolute Gasteiger partial charge is 0.371 e. The minimum Gasteiger partial charge on any atom is -0.371 e. The van der Waals surface area contributed by atoms with Gasteiger partial charge in [-0.3, -0.25) is 0 Å². The molecule has 1 unspecified atom stereocenters. The minimum atomic E-state index is -4.49. The second kappa shape index (κ2) is 10.5. The normalized spacial score (nSPS) is 18.5. The van der Waals surface area contributed by atoms with Gasteiger partial charge in [0.2, 0.25) is 20.0 Å². The van der Waals surface area contributed by atoms with E-state index in [1.807, 2.05) is 4.90 Å². The van der Waals surface area contributed by atoms with Crippen LogP contribution in [0, 0.1) is 5.92 Å². The van der Waals surface area contributed by atoms with E-state index in [1.165, 1.54) is 6.07 Å². The van der Waals surface area contributed by atoms with Crippen molar-refractivity contribution in [3.05, 3.63) is 17.7 Å². The number of sulfonamides is 2. The smallest absolute Gasteiger partial charge is 0.242 e. The minimum absolute atomic E-state index is 0.0255. The summed E-state index contributed by atoms with van der Waals surface area (Å²) in [5, 5.41) is 13.4. The number of anilines is 1. The number of hydrogen-bond acceptors (Lipinski definition) is 10. The van der Waals surface area contributed by atoms with Gasteiger partial charge in [0, 0.05) is 31.4 Å². The van der Waals surface area contributed by atoms with Crippen molar-refractivity contribution in [2.24, 2.45) is 37.7 Å². The van der Waals surface area contributed by atoms with Gasteiger partial charge in [-0.15, -0.1) is 5.11 Å². The number of piperidine rings is 1. The number of benzene rings is 1. The van der Waals surface area contributed by atoms with Gasteiger partial charge < -0.3 is 16.4 Å². The first-order valence-corrected chi connectivity index (χ1v) is 13.9. The maximum atomic E-state index is 13.2. The summed E-state index contributed by atoms with van der Waals surface area (Å²) in [5.74, 6) is 0.531. The van der Waals surface area contributed by atoms with Crippen LogP contribution in [0.1, 0.15) is 38.2 Å². The first-order valence-electron chi connectivity index (χ1n) is 10.9. The molecule has 0 spiro atoms. The molecule has 2 aliphatic rings. The molecule has 2 heterocycles. The molecule has 33 heavy (non-hydrogen) atoms. The number of amidine groups is 1. The zero-order valence-electron chi connectivity index (χ0n) is 18.6. The van der Waals surface area contributed by atoms with Crippen LogP contribution < -0.4 is 26.2 Å². The highest BCUT2D eigenvalue weighted by Crippen LogP contribution is 2.36. The molecule has 184 valence electrons. The molecule has 1 saturated heterocycles. The molecule has 12 nitrogen and oxygen atoms in total. The first kappa shape index (κ1) is 25.6. The predicted molar refractivity (Wildman–Crippen MR) is 126 cm³/mol. The molecule has 1 atom stereocenters. The Kier molecular flexibility index (Phi) is 8.18. The van der Waals surface area contributed by atoms with Gasteiger partial charge >= 0.3 is 0 Å². The van der Waals surface area contributed by atoms with E-state index < -0.39 is 35.9 Å². The van der Waals surface area contributed by atoms with Gasteiger partial charge in [0.15, 0.2) is 12.5 Å². The molecule has 1 aromatic carbocycles. The molecule has 0 saturated carbocycles. The monoisotopic (exact) mass is 500 g/mol. The Morgan fingerprint density at radius 1 is 1.18 bits per heavy atom. The van der Waals surface area contributed by atoms with Gasteiger partial charge in [-0.1, -0.05) is 6.92 Å². The van der Waals surface area contributed by atoms with Crippen molar-refractivity contribution >= 4 is 31.6 Å². The number of nitrogens with one attached hydrogen (secondary N) is 1. The number of nitrogens with zero attached hydrogens (tertiary/aromatic N) is 4. The van der Waals surface area contributed by atoms with Gasteiger partial charge in [0.25, 0.3) is 0 Å². The van der Waals surface area contributed by atoms with Crippen LogP contribution in [0.25, 0.3) is 0 Å². The van der Waals surface area contributed by atoms with E-state index >= 15 is 0 Å². The molecule has 7 N–H and O–H groups in total. The number of aliphatic imine (C=N–C) groups is 1. The summed E-state index contributed by atoms with van der Waals surface area (Å²) in [6, 6.07) is 2.29. The van der Waals surface area contributed by atoms with Crippen LogP contribution in [0.3, 0.4) is 0 Å². The zero-order valence-corrected chi connectivity index (χ0v) is 20.3. The fourth-order valence-electron chi connectivity index (χ4n) is 4.16. The predicted octanol–water partition coefficient (Wildman–Crippen LogP) is 0.0847. The van der Waals surface area contributed by atoms with Crippen LogP contribution >= 0.6 is 0 Å². The number of hydrogen-bond donors (Lipinski definition) is 4. The zero-order chi connectivity index (χ0) is 24.2. The fourth-order valence-corrected chi connectivity index (χ4v) is 7.09. The quantitative estimate of drug-likeness (QED) is 0.348. The molecule has 2 aliphatic heterocycles. The van der Waals surface area contributed by atoms with Gasteiger partial charge in [-0.25, -0.2) is 31.7 Å². The van der Waals surface area contributed by atoms with Crippen molar-refractivity contribution in [3.63, 3.8) is 0 Å². The molecular weight excluding hydrogens is 468 g/mol. The molecule has 3 rings (SSSR count). The lowest BCUT2D eigenvalue weighted by molar-refractivity contribution is 0.386. The average molecular weight is 501 g/mol. The number of nitrogens with two attached hydrogens (primary N) is 3. The molecule has 0 aliphatic carbocycles. The van der Waals surface area contributed by atoms with E-state index in [0.29, 0.717) is 37.7 Å². The van der Waals surface area contributed by atoms with Gasteiger partial charge in [-0.05, 0) is 50.3 Å². The molecule has 1 aromatic rings. The van der Waals surface area contributed by atoms with Crippen molar-refractivity contribution in [1.29, 1.82) is 0 Å². The van der Waals surface area contributed by atoms with Gasteiger partial charge in [0.05, 0.1) is 5.56 Å². The molecule has 0 amide bonds. The van der Waals surface area contributed by atoms with Crippen molar-refractivity contribution in [2.45, 2.75) is 48.4 Å². The van der Waals surface area contributed by atoms with E-state index in [4.69, 9.17) is 16.6 Å². The Labute approximate surface area is 194 Å². The standard InChI is InChI=1S/C19H32N8O4S2/c1-2-14(11-21)26-33(30,31)16-4-3-15(27-9-6-13(5-8-20)7-10-27)17(18(16)32(22,28)29)19-23-12-24-25-19/h3-4,13-14,26H,2,5-12,20-21H2,1H3,(H2,22,28,29). The second-order valence-corrected chi connectivity index (χ2v) is 11.3. The van der Waals surface area contributed by atoms with Crippen molar-refractivity contribution < 1.29 is 16.8 Å². The summed E-state index contributed by atoms with van der Waals surface area (Å²) in [7, 11) is -8.75. The average Bonchev–Trinajstić information content (AvgIpc) is 3.31. The van der Waals surface area contributed by atoms with Crippen LogP contribution in [-0.4, -0.2) is 61.6 Å². The maximum absolute atomic E-state index is 13.2. The van der Waals surface area contributed by atoms with E-state index in [9.17, 15) is 16.8 Å². The lowest BCUT2D eigenvalue weighted by Crippen LogP contribution is -2.40. The lowest BCUT2D eigenvalue weighted by atomic mass is 9.93. The Balaban J connectivity index is 2.17. The topological polar surface area (TPSA) is 199 Å². The van der Waals surface area contributed by atoms with Crippen LogP contribution in [0.5, 0.6) is 0 Å². The van der Waals surface area contributed by atoms with Crippen LogP contribution in [0.2, 0.25) is 0 Å². The summed E-state index contributed by atoms with van der Waals surface area (Å²) in [6.07, 6.45) is 3.12. The van der Waals surface area contributed by atoms with E-state index in [2.05, 4.69) is 19.9 Å². The van der Waals surface area contributed by atoms with E-state index in [0.717, 1.165) is 19.3 Å². The molecule has 0 aromatic heterocycles. The second-order valence-electron chi connectivity index (χ2n) is 8.17. The van der Waals surface area contributed by atoms with Gasteiger partial charge in [-0.2, -0.15) is 5.11 Å². The number of primary sulfonamides is 1. The Morgan fingerprint density at radius 3 is 2.39 bits per heavy atom. The Bertz CT molecular complexity index is 1120. The molecule has 14 heteroatoms. The van der Waals surface area contributed by atoms with Crippen LogP contribution in [0.4, 0.5) is 5.69 Å². The van der Waals surface area contributed by atoms with E-state index in [1.54, 1.807) is 13.0 Å². The SMILES string of the molecule is CCC(CN)NS(=O)(=O)c1ccc(N2CCC(CCN)CC2)c(C2=NCN=N2)c1S(N)(=O)=O. The third-order valence-electron chi connectivity index (χ3n) is 5.98. The molecule has 1 fully saturated rings. The Morgan fingerprint density at radius 2 is 1.88 bits per heavy atom. The number of azo groups is 1. The molecule has 0 radical (unpaired) electrons. The fraction of sp³-hybridized carbons (Fsp3) is 0.632. The summed E-state index contributed by atoms with van der Waals surface area (Å²) >= 11 is 0. The highest BCUT2D eigenvalue weighted by molar-refractivity contribution is 7.92. The van der Waals surface area contributed by atoms with E-state index in [-0.39, 0.29) is 24.6 Å². The summed E-state index contributed by atoms with van der Waals surface area (Å²) in [6.45, 7) is 3.78. The van der Waals surface area contributed by atoms with Gasteiger partial charge in [0.1, 0.15) is 9.79 Å². The van der Waals surface area contributed by atoms with Crippen LogP contribution in [-0.2, 0) is 20.0 Å². The molecular formula is C19H32N8O4S2. The molecule has 0 bridgehead atoms. The summed E-state index contributed by atoms with van der Waals surface area (Å²) in [4.78, 5) is 5.19. The number of rotatable bonds is 10. The van der Waals surface area contributed by atoms with Crippen molar-refractivity contribution in [1.82, 2.24) is 4.72 Å². The highest BCUT2D eigenvalue weighted by atomic mass is 32.2. The lowest BCUT2D eigenvalue weighted by Gasteiger charge is -2.35. The Hall–Kier alpha value is -1.97. The van der Waals surface area contributed by atoms with Crippen molar-refractivity contribution in [2.75, 3.05) is 37.7 Å². The third kappa shape index (κ3) is 5.75. The summed E-state index contributed by atoms with van der Waals surface area (Å²) < 4.78 is 54.4. The van der Waals surface area contributed by atoms with Crippen molar-refractivity contribution in [3.8, 4) is 0 Å². The maximum Gasteiger partial charge on any atom is 0.242 e. The van der Waals surface area contributed by atoms with Crippen LogP contribution in [0.15, 0.2) is 37.1 Å². The highest BCUT2D eigenvalue weighted by Gasteiger charge is 2.35.